The van der Waals surface area contributed by atoms with E-state index < -0.39 is 5.97 Å². The van der Waals surface area contributed by atoms with Crippen molar-refractivity contribution < 1.29 is 9.90 Å². The minimum atomic E-state index is -0.843. The lowest BCUT2D eigenvalue weighted by molar-refractivity contribution is -0.137. The smallest absolute Gasteiger partial charge is 0.323 e. The minimum absolute atomic E-state index is 0.0240. The molecule has 0 atom stereocenters. The molecule has 4 heteroatoms. The summed E-state index contributed by atoms with van der Waals surface area (Å²) < 4.78 is 1.73. The van der Waals surface area contributed by atoms with Crippen molar-refractivity contribution in [2.75, 3.05) is 0 Å². The van der Waals surface area contributed by atoms with Gasteiger partial charge in [-0.05, 0) is 41.5 Å². The fraction of sp³-hybridized carbons (Fsp3) is 0.0625. The number of hydrogen-bond acceptors (Lipinski definition) is 1. The number of nitrogens with zero attached hydrogens (tertiary/aromatic N) is 1. The number of rotatable bonds is 3. The maximum atomic E-state index is 10.8. The summed E-state index contributed by atoms with van der Waals surface area (Å²) in [7, 11) is 0. The zero-order valence-corrected chi connectivity index (χ0v) is 11.3. The summed E-state index contributed by atoms with van der Waals surface area (Å²) in [5.41, 5.74) is 3.09. The van der Waals surface area contributed by atoms with Gasteiger partial charge in [-0.1, -0.05) is 29.8 Å². The van der Waals surface area contributed by atoms with Crippen LogP contribution >= 0.6 is 11.6 Å². The highest BCUT2D eigenvalue weighted by molar-refractivity contribution is 6.30. The third-order valence-corrected chi connectivity index (χ3v) is 3.51. The number of carboxylic acid groups (broad SMARTS) is 1. The van der Waals surface area contributed by atoms with Crippen LogP contribution in [0, 0.1) is 0 Å². The van der Waals surface area contributed by atoms with Crippen molar-refractivity contribution in [2.45, 2.75) is 6.54 Å². The molecule has 0 saturated heterocycles. The molecule has 20 heavy (non-hydrogen) atoms. The molecule has 1 N–H and O–H groups in total. The van der Waals surface area contributed by atoms with Crippen LogP contribution in [0.2, 0.25) is 5.02 Å². The number of halogens is 1. The first kappa shape index (κ1) is 12.8. The molecule has 0 aliphatic carbocycles. The first-order valence-corrected chi connectivity index (χ1v) is 6.58. The van der Waals surface area contributed by atoms with Crippen LogP contribution in [-0.4, -0.2) is 15.6 Å². The SMILES string of the molecule is O=C(O)Cn1ccc2cc(-c3ccc(Cl)cc3)ccc21. The van der Waals surface area contributed by atoms with Crippen LogP contribution in [0.25, 0.3) is 22.0 Å². The molecule has 0 spiro atoms. The van der Waals surface area contributed by atoms with Crippen molar-refractivity contribution in [3.63, 3.8) is 0 Å². The molecule has 0 radical (unpaired) electrons. The summed E-state index contributed by atoms with van der Waals surface area (Å²) in [6.45, 7) is -0.0240. The summed E-state index contributed by atoms with van der Waals surface area (Å²) in [5.74, 6) is -0.843. The van der Waals surface area contributed by atoms with Gasteiger partial charge in [0.2, 0.25) is 0 Å². The Morgan fingerprint density at radius 1 is 1.05 bits per heavy atom. The van der Waals surface area contributed by atoms with E-state index in [2.05, 4.69) is 6.07 Å². The Balaban J connectivity index is 2.03. The largest absolute Gasteiger partial charge is 0.480 e. The molecule has 3 rings (SSSR count). The summed E-state index contributed by atoms with van der Waals surface area (Å²) in [4.78, 5) is 10.8. The van der Waals surface area contributed by atoms with E-state index in [-0.39, 0.29) is 6.54 Å². The van der Waals surface area contributed by atoms with Gasteiger partial charge in [0.1, 0.15) is 6.54 Å². The zero-order valence-electron chi connectivity index (χ0n) is 10.6. The van der Waals surface area contributed by atoms with Gasteiger partial charge in [0.25, 0.3) is 0 Å². The van der Waals surface area contributed by atoms with Crippen LogP contribution < -0.4 is 0 Å². The van der Waals surface area contributed by atoms with E-state index in [1.54, 1.807) is 10.8 Å². The van der Waals surface area contributed by atoms with Crippen LogP contribution in [0.5, 0.6) is 0 Å². The third kappa shape index (κ3) is 2.40. The Morgan fingerprint density at radius 2 is 1.75 bits per heavy atom. The molecule has 0 bridgehead atoms. The molecule has 3 aromatic rings. The molecular formula is C16H12ClNO2. The highest BCUT2D eigenvalue weighted by atomic mass is 35.5. The average Bonchev–Trinajstić information content (AvgIpc) is 2.81. The number of carbonyl (C=O) groups is 1. The second-order valence-corrected chi connectivity index (χ2v) is 5.05. The van der Waals surface area contributed by atoms with E-state index >= 15 is 0 Å². The van der Waals surface area contributed by atoms with E-state index in [4.69, 9.17) is 16.7 Å². The van der Waals surface area contributed by atoms with Gasteiger partial charge in [-0.2, -0.15) is 0 Å². The van der Waals surface area contributed by atoms with Crippen LogP contribution in [0.3, 0.4) is 0 Å². The third-order valence-electron chi connectivity index (χ3n) is 3.25. The van der Waals surface area contributed by atoms with E-state index in [0.717, 1.165) is 22.0 Å². The molecule has 0 amide bonds. The predicted octanol–water partition coefficient (Wildman–Crippen LogP) is 4.05. The second-order valence-electron chi connectivity index (χ2n) is 4.62. The second kappa shape index (κ2) is 5.02. The average molecular weight is 286 g/mol. The Hall–Kier alpha value is -2.26. The monoisotopic (exact) mass is 285 g/mol. The van der Waals surface area contributed by atoms with Gasteiger partial charge in [-0.25, -0.2) is 0 Å². The van der Waals surface area contributed by atoms with Gasteiger partial charge < -0.3 is 9.67 Å². The van der Waals surface area contributed by atoms with E-state index in [1.165, 1.54) is 0 Å². The highest BCUT2D eigenvalue weighted by Crippen LogP contribution is 2.26. The van der Waals surface area contributed by atoms with Crippen LogP contribution in [0.15, 0.2) is 54.7 Å². The Kier molecular flexibility index (Phi) is 3.20. The lowest BCUT2D eigenvalue weighted by Crippen LogP contribution is -2.06. The molecule has 0 saturated carbocycles. The van der Waals surface area contributed by atoms with Crippen molar-refractivity contribution >= 4 is 28.5 Å². The van der Waals surface area contributed by atoms with Gasteiger partial charge in [0.05, 0.1) is 0 Å². The molecular weight excluding hydrogens is 274 g/mol. The normalized spacial score (nSPS) is 10.8. The fourth-order valence-corrected chi connectivity index (χ4v) is 2.43. The van der Waals surface area contributed by atoms with Gasteiger partial charge in [-0.15, -0.1) is 0 Å². The number of carboxylic acids is 1. The standard InChI is InChI=1S/C16H12ClNO2/c17-14-4-1-11(2-5-14)12-3-6-15-13(9-12)7-8-18(15)10-16(19)20/h1-9H,10H2,(H,19,20). The summed E-state index contributed by atoms with van der Waals surface area (Å²) in [6, 6.07) is 15.6. The van der Waals surface area contributed by atoms with Crippen LogP contribution in [0.1, 0.15) is 0 Å². The summed E-state index contributed by atoms with van der Waals surface area (Å²) in [5, 5.41) is 10.6. The maximum absolute atomic E-state index is 10.8. The van der Waals surface area contributed by atoms with E-state index in [0.29, 0.717) is 5.02 Å². The predicted molar refractivity (Wildman–Crippen MR) is 80.0 cm³/mol. The first-order chi connectivity index (χ1) is 9.63. The Bertz CT molecular complexity index is 775. The topological polar surface area (TPSA) is 42.2 Å². The van der Waals surface area contributed by atoms with E-state index in [1.807, 2.05) is 42.5 Å². The lowest BCUT2D eigenvalue weighted by atomic mass is 10.0. The minimum Gasteiger partial charge on any atom is -0.480 e. The van der Waals surface area contributed by atoms with Gasteiger partial charge in [-0.3, -0.25) is 4.79 Å². The van der Waals surface area contributed by atoms with Crippen LogP contribution in [0.4, 0.5) is 0 Å². The molecule has 0 unspecified atom stereocenters. The quantitative estimate of drug-likeness (QED) is 0.789. The molecule has 3 nitrogen and oxygen atoms in total. The van der Waals surface area contributed by atoms with E-state index in [9.17, 15) is 4.79 Å². The Labute approximate surface area is 121 Å². The molecule has 0 aliphatic heterocycles. The first-order valence-electron chi connectivity index (χ1n) is 6.20. The number of benzene rings is 2. The van der Waals surface area contributed by atoms with Crippen LogP contribution in [-0.2, 0) is 11.3 Å². The molecule has 100 valence electrons. The molecule has 0 aliphatic rings. The summed E-state index contributed by atoms with van der Waals surface area (Å²) >= 11 is 5.89. The fourth-order valence-electron chi connectivity index (χ4n) is 2.31. The molecule has 0 fully saturated rings. The van der Waals surface area contributed by atoms with Crippen molar-refractivity contribution in [1.29, 1.82) is 0 Å². The lowest BCUT2D eigenvalue weighted by Gasteiger charge is -2.04. The van der Waals surface area contributed by atoms with Crippen molar-refractivity contribution in [1.82, 2.24) is 4.57 Å². The van der Waals surface area contributed by atoms with Gasteiger partial charge in [0, 0.05) is 22.1 Å². The number of aliphatic carboxylic acids is 1. The van der Waals surface area contributed by atoms with Crippen molar-refractivity contribution in [2.24, 2.45) is 0 Å². The highest BCUT2D eigenvalue weighted by Gasteiger charge is 2.06. The zero-order chi connectivity index (χ0) is 14.1. The Morgan fingerprint density at radius 3 is 2.45 bits per heavy atom. The molecule has 2 aromatic carbocycles. The number of fused-ring (bicyclic) bond motifs is 1. The number of hydrogen-bond donors (Lipinski definition) is 1. The summed E-state index contributed by atoms with van der Waals surface area (Å²) in [6.07, 6.45) is 1.80. The molecule has 1 heterocycles. The molecule has 1 aromatic heterocycles. The van der Waals surface area contributed by atoms with Gasteiger partial charge in [0.15, 0.2) is 0 Å². The number of aromatic nitrogens is 1. The van der Waals surface area contributed by atoms with Crippen molar-refractivity contribution in [3.05, 3.63) is 59.8 Å². The van der Waals surface area contributed by atoms with Crippen molar-refractivity contribution in [3.8, 4) is 11.1 Å². The maximum Gasteiger partial charge on any atom is 0.323 e. The van der Waals surface area contributed by atoms with Gasteiger partial charge >= 0.3 is 5.97 Å².